The van der Waals surface area contributed by atoms with Crippen molar-refractivity contribution in [3.8, 4) is 0 Å². The fourth-order valence-electron chi connectivity index (χ4n) is 7.44. The van der Waals surface area contributed by atoms with Gasteiger partial charge in [0.2, 0.25) is 0 Å². The van der Waals surface area contributed by atoms with Gasteiger partial charge in [-0.05, 0) is 42.4 Å². The van der Waals surface area contributed by atoms with E-state index in [-0.39, 0.29) is 28.5 Å². The van der Waals surface area contributed by atoms with E-state index in [9.17, 15) is 22.8 Å². The van der Waals surface area contributed by atoms with E-state index < -0.39 is 52.6 Å². The summed E-state index contributed by atoms with van der Waals surface area (Å²) >= 11 is 0. The molecule has 0 amide bonds. The van der Waals surface area contributed by atoms with Gasteiger partial charge in [0.1, 0.15) is 23.4 Å². The fourth-order valence-corrected chi connectivity index (χ4v) is 7.44. The smallest absolute Gasteiger partial charge is 0.425 e. The maximum atomic E-state index is 13.6. The van der Waals surface area contributed by atoms with Crippen LogP contribution in [-0.4, -0.2) is 36.4 Å². The molecule has 4 fully saturated rings. The SMILES string of the molecule is C=C1OC2C(OC(=O)C3(CC(C)(C)C)CC3(C)C)C3CC2C1(C(=O)OC(C)C(F)(F)F)C3(C)C. The Labute approximate surface area is 199 Å². The third-order valence-corrected chi connectivity index (χ3v) is 9.29. The third kappa shape index (κ3) is 3.18. The van der Waals surface area contributed by atoms with Gasteiger partial charge < -0.3 is 14.2 Å². The number of alkyl halides is 3. The number of carbonyl (C=O) groups excluding carboxylic acids is 2. The number of halogens is 3. The van der Waals surface area contributed by atoms with Crippen molar-refractivity contribution in [3.63, 3.8) is 0 Å². The van der Waals surface area contributed by atoms with E-state index in [4.69, 9.17) is 14.2 Å². The summed E-state index contributed by atoms with van der Waals surface area (Å²) in [5, 5.41) is 0. The van der Waals surface area contributed by atoms with Crippen LogP contribution in [0.25, 0.3) is 0 Å². The Balaban J connectivity index is 1.60. The zero-order chi connectivity index (χ0) is 25.9. The predicted molar refractivity (Wildman–Crippen MR) is 118 cm³/mol. The van der Waals surface area contributed by atoms with Crippen LogP contribution in [0.5, 0.6) is 0 Å². The van der Waals surface area contributed by atoms with Gasteiger partial charge in [-0.15, -0.1) is 0 Å². The van der Waals surface area contributed by atoms with E-state index in [0.717, 1.165) is 13.3 Å². The Bertz CT molecular complexity index is 930. The van der Waals surface area contributed by atoms with Crippen molar-refractivity contribution < 1.29 is 37.0 Å². The molecule has 192 valence electrons. The Morgan fingerprint density at radius 2 is 1.68 bits per heavy atom. The molecule has 0 aromatic heterocycles. The highest BCUT2D eigenvalue weighted by molar-refractivity contribution is 5.85. The summed E-state index contributed by atoms with van der Waals surface area (Å²) in [6.07, 6.45) is -6.16. The first-order valence-corrected chi connectivity index (χ1v) is 12.1. The minimum absolute atomic E-state index is 0.0625. The van der Waals surface area contributed by atoms with E-state index >= 15 is 0 Å². The number of carbonyl (C=O) groups is 2. The van der Waals surface area contributed by atoms with E-state index in [1.807, 2.05) is 13.8 Å². The Kier molecular flexibility index (Phi) is 5.17. The van der Waals surface area contributed by atoms with Gasteiger partial charge in [0.15, 0.2) is 6.10 Å². The average molecular weight is 487 g/mol. The van der Waals surface area contributed by atoms with Crippen LogP contribution in [0.2, 0.25) is 0 Å². The van der Waals surface area contributed by atoms with Crippen LogP contribution < -0.4 is 0 Å². The summed E-state index contributed by atoms with van der Waals surface area (Å²) in [6, 6.07) is 0. The van der Waals surface area contributed by atoms with Crippen molar-refractivity contribution in [3.05, 3.63) is 12.3 Å². The number of esters is 2. The molecular formula is C26H37F3O5. The Hall–Kier alpha value is -1.73. The average Bonchev–Trinajstić information content (AvgIpc) is 2.90. The van der Waals surface area contributed by atoms with Crippen LogP contribution in [0.15, 0.2) is 12.3 Å². The van der Waals surface area contributed by atoms with Crippen LogP contribution >= 0.6 is 0 Å². The van der Waals surface area contributed by atoms with Crippen LogP contribution in [-0.2, 0) is 23.8 Å². The molecule has 3 aliphatic carbocycles. The van der Waals surface area contributed by atoms with Crippen molar-refractivity contribution in [2.45, 2.75) is 99.1 Å². The Morgan fingerprint density at radius 1 is 1.12 bits per heavy atom. The number of ether oxygens (including phenoxy) is 3. The summed E-state index contributed by atoms with van der Waals surface area (Å²) in [7, 11) is 0. The lowest BCUT2D eigenvalue weighted by Gasteiger charge is -2.45. The second-order valence-corrected chi connectivity index (χ2v) is 13.3. The normalized spacial score (nSPS) is 40.0. The lowest BCUT2D eigenvalue weighted by Crippen LogP contribution is -2.55. The summed E-state index contributed by atoms with van der Waals surface area (Å²) < 4.78 is 56.5. The second kappa shape index (κ2) is 6.94. The molecule has 8 heteroatoms. The van der Waals surface area contributed by atoms with Gasteiger partial charge in [-0.3, -0.25) is 9.59 Å². The monoisotopic (exact) mass is 486 g/mol. The molecule has 7 atom stereocenters. The maximum absolute atomic E-state index is 13.6. The van der Waals surface area contributed by atoms with E-state index in [1.165, 1.54) is 0 Å². The molecule has 0 N–H and O–H groups in total. The third-order valence-electron chi connectivity index (χ3n) is 9.29. The first-order valence-electron chi connectivity index (χ1n) is 12.1. The van der Waals surface area contributed by atoms with Gasteiger partial charge in [-0.25, -0.2) is 0 Å². The zero-order valence-corrected chi connectivity index (χ0v) is 21.4. The lowest BCUT2D eigenvalue weighted by molar-refractivity contribution is -0.226. The van der Waals surface area contributed by atoms with Gasteiger partial charge >= 0.3 is 18.1 Å². The molecule has 0 radical (unpaired) electrons. The molecule has 1 saturated heterocycles. The van der Waals surface area contributed by atoms with Gasteiger partial charge in [0, 0.05) is 11.8 Å². The first kappa shape index (κ1) is 25.4. The molecule has 7 unspecified atom stereocenters. The van der Waals surface area contributed by atoms with E-state index in [2.05, 4.69) is 41.2 Å². The van der Waals surface area contributed by atoms with Crippen molar-refractivity contribution in [1.29, 1.82) is 0 Å². The lowest BCUT2D eigenvalue weighted by atomic mass is 9.57. The molecule has 2 bridgehead atoms. The van der Waals surface area contributed by atoms with Crippen LogP contribution in [0, 0.1) is 38.9 Å². The number of hydrogen-bond donors (Lipinski definition) is 0. The van der Waals surface area contributed by atoms with Crippen molar-refractivity contribution in [2.75, 3.05) is 0 Å². The minimum Gasteiger partial charge on any atom is -0.490 e. The summed E-state index contributed by atoms with van der Waals surface area (Å²) in [4.78, 5) is 26.8. The molecule has 0 aromatic rings. The van der Waals surface area contributed by atoms with Crippen molar-refractivity contribution >= 4 is 11.9 Å². The molecule has 4 aliphatic rings. The van der Waals surface area contributed by atoms with Crippen molar-refractivity contribution in [2.24, 2.45) is 38.9 Å². The quantitative estimate of drug-likeness (QED) is 0.458. The van der Waals surface area contributed by atoms with E-state index in [0.29, 0.717) is 12.8 Å². The van der Waals surface area contributed by atoms with Gasteiger partial charge in [0.25, 0.3) is 0 Å². The fraction of sp³-hybridized carbons (Fsp3) is 0.846. The molecule has 0 spiro atoms. The molecule has 1 aliphatic heterocycles. The molecular weight excluding hydrogens is 449 g/mol. The molecule has 1 heterocycles. The van der Waals surface area contributed by atoms with Gasteiger partial charge in [-0.1, -0.05) is 55.0 Å². The molecule has 4 rings (SSSR count). The largest absolute Gasteiger partial charge is 0.490 e. The highest BCUT2D eigenvalue weighted by atomic mass is 19.4. The highest BCUT2D eigenvalue weighted by Gasteiger charge is 2.81. The number of hydrogen-bond acceptors (Lipinski definition) is 5. The van der Waals surface area contributed by atoms with Crippen LogP contribution in [0.4, 0.5) is 13.2 Å². The van der Waals surface area contributed by atoms with Crippen LogP contribution in [0.3, 0.4) is 0 Å². The van der Waals surface area contributed by atoms with Crippen molar-refractivity contribution in [1.82, 2.24) is 0 Å². The van der Waals surface area contributed by atoms with Gasteiger partial charge in [-0.2, -0.15) is 13.2 Å². The minimum atomic E-state index is -4.66. The summed E-state index contributed by atoms with van der Waals surface area (Å²) in [5.41, 5.74) is -3.07. The number of rotatable bonds is 5. The molecule has 5 nitrogen and oxygen atoms in total. The molecule has 34 heavy (non-hydrogen) atoms. The van der Waals surface area contributed by atoms with Gasteiger partial charge in [0.05, 0.1) is 5.41 Å². The standard InChI is InChI=1S/C26H37F3O5/c1-13-25(20(31)33-14(2)26(27,28)29)16-10-15(23(25,8)9)17(18(16)32-13)34-19(30)24(11-21(3,4)5)12-22(24,6)7/h14-18H,1,10-12H2,2-9H3. The molecule has 3 saturated carbocycles. The van der Waals surface area contributed by atoms with Crippen LogP contribution in [0.1, 0.15) is 74.7 Å². The predicted octanol–water partition coefficient (Wildman–Crippen LogP) is 5.82. The second-order valence-electron chi connectivity index (χ2n) is 13.3. The highest BCUT2D eigenvalue weighted by Crippen LogP contribution is 2.75. The van der Waals surface area contributed by atoms with E-state index in [1.54, 1.807) is 0 Å². The topological polar surface area (TPSA) is 61.8 Å². The maximum Gasteiger partial charge on any atom is 0.425 e. The Morgan fingerprint density at radius 3 is 2.15 bits per heavy atom. The zero-order valence-electron chi connectivity index (χ0n) is 21.4. The molecule has 0 aromatic carbocycles. The summed E-state index contributed by atoms with van der Waals surface area (Å²) in [6.45, 7) is 18.8. The first-order chi connectivity index (χ1) is 15.2. The number of fused-ring (bicyclic) bond motifs is 1. The summed E-state index contributed by atoms with van der Waals surface area (Å²) in [5.74, 6) is -1.80.